The van der Waals surface area contributed by atoms with Gasteiger partial charge in [0.25, 0.3) is 0 Å². The van der Waals surface area contributed by atoms with E-state index >= 15 is 0 Å². The summed E-state index contributed by atoms with van der Waals surface area (Å²) in [7, 11) is -4.60. The number of rotatable bonds is 4. The smallest absolute Gasteiger partial charge is 0.0711 e. The van der Waals surface area contributed by atoms with Crippen LogP contribution < -0.4 is 10.4 Å². The third kappa shape index (κ3) is 3.54. The summed E-state index contributed by atoms with van der Waals surface area (Å²) in [5.74, 6) is 0. The molecule has 0 spiro atoms. The van der Waals surface area contributed by atoms with Gasteiger partial charge in [-0.3, -0.25) is 0 Å². The Kier molecular flexibility index (Phi) is 5.69. The molecule has 0 bridgehead atoms. The number of benzene rings is 2. The molecular weight excluding hydrogens is 460 g/mol. The summed E-state index contributed by atoms with van der Waals surface area (Å²) >= 11 is 7.22. The Hall–Kier alpha value is 0.0506. The van der Waals surface area contributed by atoms with Crippen LogP contribution in [0.4, 0.5) is 0 Å². The van der Waals surface area contributed by atoms with Crippen LogP contribution in [0.15, 0.2) is 57.5 Å². The van der Waals surface area contributed by atoms with E-state index in [0.717, 1.165) is 0 Å². The molecule has 0 radical (unpaired) electrons. The normalized spacial score (nSPS) is 13.2. The fraction of sp³-hybridized carbons (Fsp3) is 0.333. The lowest BCUT2D eigenvalue weighted by atomic mass is 10.4. The summed E-state index contributed by atoms with van der Waals surface area (Å²) in [6.07, 6.45) is 0. The summed E-state index contributed by atoms with van der Waals surface area (Å²) in [6, 6.07) is 18.5. The van der Waals surface area contributed by atoms with E-state index in [1.165, 1.54) is 8.95 Å². The predicted molar refractivity (Wildman–Crippen MR) is 120 cm³/mol. The van der Waals surface area contributed by atoms with E-state index in [9.17, 15) is 0 Å². The van der Waals surface area contributed by atoms with Crippen molar-refractivity contribution in [3.8, 4) is 0 Å². The molecular formula is C18H26Br2Si3. The molecule has 2 rings (SSSR count). The molecule has 124 valence electrons. The van der Waals surface area contributed by atoms with E-state index in [2.05, 4.69) is 120 Å². The molecule has 0 aliphatic carbocycles. The second-order valence-electron chi connectivity index (χ2n) is 8.26. The van der Waals surface area contributed by atoms with Crippen LogP contribution in [0.25, 0.3) is 0 Å². The minimum absolute atomic E-state index is 1.17. The van der Waals surface area contributed by atoms with E-state index in [4.69, 9.17) is 0 Å². The topological polar surface area (TPSA) is 0 Å². The van der Waals surface area contributed by atoms with Crippen molar-refractivity contribution in [1.82, 2.24) is 0 Å². The number of hydrogen-bond donors (Lipinski definition) is 0. The van der Waals surface area contributed by atoms with Crippen molar-refractivity contribution in [3.63, 3.8) is 0 Å². The Balaban J connectivity index is 2.86. The van der Waals surface area contributed by atoms with Crippen LogP contribution in [0.3, 0.4) is 0 Å². The van der Waals surface area contributed by atoms with Gasteiger partial charge in [0.05, 0.1) is 0 Å². The largest absolute Gasteiger partial charge is 0.103 e. The second kappa shape index (κ2) is 6.75. The van der Waals surface area contributed by atoms with Crippen LogP contribution in [0.2, 0.25) is 39.3 Å². The van der Waals surface area contributed by atoms with Gasteiger partial charge in [-0.1, -0.05) is 106 Å². The summed E-state index contributed by atoms with van der Waals surface area (Å²) in [5.41, 5.74) is 0. The van der Waals surface area contributed by atoms with Gasteiger partial charge in [0.2, 0.25) is 0 Å². The van der Waals surface area contributed by atoms with Crippen molar-refractivity contribution in [3.05, 3.63) is 57.5 Å². The quantitative estimate of drug-likeness (QED) is 0.493. The molecule has 0 fully saturated rings. The molecule has 0 saturated carbocycles. The lowest BCUT2D eigenvalue weighted by Crippen LogP contribution is -2.84. The van der Waals surface area contributed by atoms with Gasteiger partial charge in [0.15, 0.2) is 0 Å². The van der Waals surface area contributed by atoms with Crippen LogP contribution in [0.5, 0.6) is 0 Å². The molecule has 0 heterocycles. The predicted octanol–water partition coefficient (Wildman–Crippen LogP) is 5.61. The van der Waals surface area contributed by atoms with Gasteiger partial charge in [0.1, 0.15) is 7.11 Å². The first kappa shape index (κ1) is 19.4. The monoisotopic (exact) mass is 484 g/mol. The molecule has 23 heavy (non-hydrogen) atoms. The van der Waals surface area contributed by atoms with Gasteiger partial charge in [-0.05, 0) is 24.3 Å². The average molecular weight is 486 g/mol. The third-order valence-electron chi connectivity index (χ3n) is 4.80. The Morgan fingerprint density at radius 1 is 0.522 bits per heavy atom. The van der Waals surface area contributed by atoms with Crippen molar-refractivity contribution in [1.29, 1.82) is 0 Å². The molecule has 2 aromatic rings. The lowest BCUT2D eigenvalue weighted by Gasteiger charge is -2.51. The average Bonchev–Trinajstić information content (AvgIpc) is 2.40. The van der Waals surface area contributed by atoms with Gasteiger partial charge in [-0.2, -0.15) is 0 Å². The molecule has 0 aromatic heterocycles. The molecule has 0 unspecified atom stereocenters. The zero-order valence-corrected chi connectivity index (χ0v) is 21.0. The Morgan fingerprint density at radius 2 is 0.783 bits per heavy atom. The Morgan fingerprint density at radius 3 is 1.00 bits per heavy atom. The minimum atomic E-state index is -1.76. The molecule has 0 atom stereocenters. The van der Waals surface area contributed by atoms with Crippen LogP contribution >= 0.6 is 31.9 Å². The zero-order valence-electron chi connectivity index (χ0n) is 14.9. The molecule has 0 aliphatic heterocycles. The third-order valence-corrected chi connectivity index (χ3v) is 43.2. The minimum Gasteiger partial charge on any atom is -0.0711 e. The fourth-order valence-electron chi connectivity index (χ4n) is 4.42. The molecule has 5 heteroatoms. The van der Waals surface area contributed by atoms with Gasteiger partial charge in [-0.15, -0.1) is 0 Å². The standard InChI is InChI=1S/C18H26Br2Si3/c1-21(2,3)23(22(4,5)6,17-11-7-15(19)8-12-17)18-13-9-16(20)10-14-18/h7-14H,1-6H3. The first-order valence-corrected chi connectivity index (χ1v) is 20.6. The van der Waals surface area contributed by atoms with E-state index in [-0.39, 0.29) is 0 Å². The van der Waals surface area contributed by atoms with Gasteiger partial charge >= 0.3 is 0 Å². The van der Waals surface area contributed by atoms with Crippen molar-refractivity contribution in [2.75, 3.05) is 0 Å². The van der Waals surface area contributed by atoms with Crippen LogP contribution in [-0.2, 0) is 0 Å². The molecule has 0 amide bonds. The van der Waals surface area contributed by atoms with Crippen molar-refractivity contribution >= 4 is 64.5 Å². The SMILES string of the molecule is C[Si](C)(C)[Si](c1ccc(Br)cc1)(c1ccc(Br)cc1)[Si](C)(C)C. The maximum atomic E-state index is 3.61. The summed E-state index contributed by atoms with van der Waals surface area (Å²) in [5, 5.41) is 3.25. The highest BCUT2D eigenvalue weighted by Crippen LogP contribution is 2.30. The fourth-order valence-corrected chi connectivity index (χ4v) is 51.7. The van der Waals surface area contributed by atoms with Crippen molar-refractivity contribution in [2.45, 2.75) is 39.3 Å². The van der Waals surface area contributed by atoms with E-state index < -0.39 is 22.3 Å². The highest BCUT2D eigenvalue weighted by molar-refractivity contribution is 9.10. The van der Waals surface area contributed by atoms with E-state index in [0.29, 0.717) is 0 Å². The second-order valence-corrected chi connectivity index (χ2v) is 36.7. The highest BCUT2D eigenvalue weighted by Gasteiger charge is 2.56. The van der Waals surface area contributed by atoms with Gasteiger partial charge in [-0.25, -0.2) is 0 Å². The maximum absolute atomic E-state index is 3.61. The Labute approximate surface area is 160 Å². The number of hydrogen-bond acceptors (Lipinski definition) is 0. The molecule has 0 N–H and O–H groups in total. The lowest BCUT2D eigenvalue weighted by molar-refractivity contribution is 1.64. The molecule has 0 nitrogen and oxygen atoms in total. The van der Waals surface area contributed by atoms with Crippen molar-refractivity contribution in [2.24, 2.45) is 0 Å². The van der Waals surface area contributed by atoms with Crippen LogP contribution in [0.1, 0.15) is 0 Å². The van der Waals surface area contributed by atoms with Crippen molar-refractivity contribution < 1.29 is 0 Å². The highest BCUT2D eigenvalue weighted by atomic mass is 79.9. The van der Waals surface area contributed by atoms with Gasteiger partial charge < -0.3 is 0 Å². The summed E-state index contributed by atoms with van der Waals surface area (Å²) in [4.78, 5) is 0. The van der Waals surface area contributed by atoms with Gasteiger partial charge in [0, 0.05) is 24.1 Å². The van der Waals surface area contributed by atoms with Crippen LogP contribution in [0, 0.1) is 0 Å². The van der Waals surface area contributed by atoms with E-state index in [1.54, 1.807) is 10.4 Å². The first-order valence-electron chi connectivity index (χ1n) is 8.02. The Bertz CT molecular complexity index is 604. The molecule has 0 saturated heterocycles. The summed E-state index contributed by atoms with van der Waals surface area (Å²) < 4.78 is 2.34. The molecule has 0 aliphatic rings. The van der Waals surface area contributed by atoms with Crippen LogP contribution in [-0.4, -0.2) is 22.3 Å². The summed E-state index contributed by atoms with van der Waals surface area (Å²) in [6.45, 7) is 15.5. The maximum Gasteiger partial charge on any atom is 0.103 e. The zero-order chi connectivity index (χ0) is 17.5. The van der Waals surface area contributed by atoms with E-state index in [1.807, 2.05) is 0 Å². The molecule has 2 aromatic carbocycles. The number of halogens is 2. The first-order chi connectivity index (χ1) is 10.5.